The lowest BCUT2D eigenvalue weighted by Crippen LogP contribution is -2.49. The summed E-state index contributed by atoms with van der Waals surface area (Å²) in [5.74, 6) is 4.14. The smallest absolute Gasteiger partial charge is 0.106 e. The Morgan fingerprint density at radius 2 is 2.11 bits per heavy atom. The summed E-state index contributed by atoms with van der Waals surface area (Å²) < 4.78 is 11.3. The van der Waals surface area contributed by atoms with Crippen molar-refractivity contribution in [1.82, 2.24) is 5.32 Å². The first-order valence-corrected chi connectivity index (χ1v) is 8.18. The van der Waals surface area contributed by atoms with Gasteiger partial charge in [-0.3, -0.25) is 0 Å². The maximum absolute atomic E-state index is 5.74. The molecule has 3 nitrogen and oxygen atoms in total. The lowest BCUT2D eigenvalue weighted by molar-refractivity contribution is -0.0195. The molecule has 1 heterocycles. The van der Waals surface area contributed by atoms with E-state index in [2.05, 4.69) is 5.32 Å². The van der Waals surface area contributed by atoms with Crippen LogP contribution in [0.25, 0.3) is 0 Å². The van der Waals surface area contributed by atoms with Crippen LogP contribution in [0.2, 0.25) is 0 Å². The third-order valence-electron chi connectivity index (χ3n) is 6.62. The molecule has 0 aromatic carbocycles. The lowest BCUT2D eigenvalue weighted by Gasteiger charge is -2.35. The summed E-state index contributed by atoms with van der Waals surface area (Å²) in [7, 11) is 1.84. The maximum Gasteiger partial charge on any atom is 0.106 e. The Bertz CT molecular complexity index is 340. The quantitative estimate of drug-likeness (QED) is 0.845. The molecule has 0 radical (unpaired) electrons. The van der Waals surface area contributed by atoms with Crippen LogP contribution in [-0.2, 0) is 9.47 Å². The number of nitrogens with one attached hydrogen (secondary N) is 1. The fourth-order valence-electron chi connectivity index (χ4n) is 5.58. The van der Waals surface area contributed by atoms with Crippen molar-refractivity contribution in [3.63, 3.8) is 0 Å². The molecule has 2 bridgehead atoms. The zero-order valence-electron chi connectivity index (χ0n) is 12.1. The minimum atomic E-state index is -0.0447. The molecule has 1 N–H and O–H groups in total. The van der Waals surface area contributed by atoms with Crippen LogP contribution in [0.1, 0.15) is 38.5 Å². The van der Waals surface area contributed by atoms with Gasteiger partial charge in [0.2, 0.25) is 0 Å². The number of ether oxygens (including phenoxy) is 2. The highest BCUT2D eigenvalue weighted by atomic mass is 16.5. The van der Waals surface area contributed by atoms with E-state index in [0.29, 0.717) is 0 Å². The maximum atomic E-state index is 5.74. The predicted octanol–water partition coefficient (Wildman–Crippen LogP) is 2.21. The van der Waals surface area contributed by atoms with Crippen molar-refractivity contribution >= 4 is 0 Å². The number of fused-ring (bicyclic) bond motifs is 5. The molecule has 1 aliphatic heterocycles. The van der Waals surface area contributed by atoms with E-state index in [1.165, 1.54) is 32.1 Å². The number of hydrogen-bond donors (Lipinski definition) is 1. The highest BCUT2D eigenvalue weighted by Gasteiger charge is 2.53. The molecule has 0 amide bonds. The molecule has 3 aliphatic carbocycles. The highest BCUT2D eigenvalue weighted by Crippen LogP contribution is 2.58. The van der Waals surface area contributed by atoms with Gasteiger partial charge in [-0.1, -0.05) is 6.42 Å². The van der Waals surface area contributed by atoms with Crippen LogP contribution in [0.5, 0.6) is 0 Å². The summed E-state index contributed by atoms with van der Waals surface area (Å²) in [5.41, 5.74) is -0.0447. The zero-order valence-corrected chi connectivity index (χ0v) is 12.1. The van der Waals surface area contributed by atoms with Crippen LogP contribution in [0.3, 0.4) is 0 Å². The predicted molar refractivity (Wildman–Crippen MR) is 74.0 cm³/mol. The fourth-order valence-corrected chi connectivity index (χ4v) is 5.58. The van der Waals surface area contributed by atoms with Gasteiger partial charge in [-0.05, 0) is 49.4 Å². The minimum absolute atomic E-state index is 0.0447. The van der Waals surface area contributed by atoms with Crippen molar-refractivity contribution in [2.75, 3.05) is 26.9 Å². The molecule has 6 unspecified atom stereocenters. The van der Waals surface area contributed by atoms with E-state index < -0.39 is 0 Å². The number of methoxy groups -OCH3 is 1. The molecule has 4 rings (SSSR count). The van der Waals surface area contributed by atoms with Crippen LogP contribution in [0.15, 0.2) is 0 Å². The summed E-state index contributed by atoms with van der Waals surface area (Å²) >= 11 is 0. The lowest BCUT2D eigenvalue weighted by atomic mass is 9.79. The topological polar surface area (TPSA) is 30.5 Å². The van der Waals surface area contributed by atoms with Gasteiger partial charge in [0.25, 0.3) is 0 Å². The van der Waals surface area contributed by atoms with E-state index >= 15 is 0 Å². The summed E-state index contributed by atoms with van der Waals surface area (Å²) in [4.78, 5) is 0. The SMILES string of the molecule is COC1(CNC2CC3CC2C2CCCC32)CCOC1. The Balaban J connectivity index is 1.37. The second-order valence-corrected chi connectivity index (χ2v) is 7.33. The van der Waals surface area contributed by atoms with E-state index in [9.17, 15) is 0 Å². The molecule has 108 valence electrons. The third-order valence-corrected chi connectivity index (χ3v) is 6.62. The van der Waals surface area contributed by atoms with Crippen molar-refractivity contribution < 1.29 is 9.47 Å². The van der Waals surface area contributed by atoms with E-state index in [0.717, 1.165) is 55.9 Å². The monoisotopic (exact) mass is 265 g/mol. The number of rotatable bonds is 4. The first-order valence-electron chi connectivity index (χ1n) is 8.18. The Hall–Kier alpha value is -0.120. The summed E-state index contributed by atoms with van der Waals surface area (Å²) in [6, 6.07) is 0.761. The van der Waals surface area contributed by atoms with E-state index in [-0.39, 0.29) is 5.60 Å². The van der Waals surface area contributed by atoms with Gasteiger partial charge in [-0.25, -0.2) is 0 Å². The molecule has 0 aromatic rings. The largest absolute Gasteiger partial charge is 0.378 e. The molecule has 4 fully saturated rings. The summed E-state index contributed by atoms with van der Waals surface area (Å²) in [6.45, 7) is 2.61. The highest BCUT2D eigenvalue weighted by molar-refractivity contribution is 5.06. The first-order chi connectivity index (χ1) is 9.31. The minimum Gasteiger partial charge on any atom is -0.378 e. The zero-order chi connectivity index (χ0) is 12.9. The van der Waals surface area contributed by atoms with Gasteiger partial charge in [-0.15, -0.1) is 0 Å². The van der Waals surface area contributed by atoms with Gasteiger partial charge in [0.15, 0.2) is 0 Å². The standard InChI is InChI=1S/C16H27NO2/c1-18-16(5-6-19-10-16)9-17-15-8-11-7-14(15)13-4-2-3-12(11)13/h11-15,17H,2-10H2,1H3. The van der Waals surface area contributed by atoms with Gasteiger partial charge in [0, 0.05) is 32.7 Å². The third kappa shape index (κ3) is 1.97. The molecular weight excluding hydrogens is 238 g/mol. The van der Waals surface area contributed by atoms with Crippen LogP contribution in [0.4, 0.5) is 0 Å². The molecule has 0 spiro atoms. The van der Waals surface area contributed by atoms with Crippen molar-refractivity contribution in [2.24, 2.45) is 23.7 Å². The second-order valence-electron chi connectivity index (χ2n) is 7.33. The average molecular weight is 265 g/mol. The molecule has 19 heavy (non-hydrogen) atoms. The molecule has 0 aromatic heterocycles. The molecule has 6 atom stereocenters. The molecule has 3 heteroatoms. The Morgan fingerprint density at radius 1 is 1.21 bits per heavy atom. The van der Waals surface area contributed by atoms with Gasteiger partial charge < -0.3 is 14.8 Å². The average Bonchev–Trinajstić information content (AvgIpc) is 3.17. The molecular formula is C16H27NO2. The molecule has 1 saturated heterocycles. The van der Waals surface area contributed by atoms with Crippen LogP contribution in [0, 0.1) is 23.7 Å². The van der Waals surface area contributed by atoms with Gasteiger partial charge in [0.05, 0.1) is 6.61 Å². The number of hydrogen-bond acceptors (Lipinski definition) is 3. The summed E-state index contributed by atoms with van der Waals surface area (Å²) in [5, 5.41) is 3.85. The van der Waals surface area contributed by atoms with Gasteiger partial charge in [-0.2, -0.15) is 0 Å². The van der Waals surface area contributed by atoms with E-state index in [4.69, 9.17) is 9.47 Å². The van der Waals surface area contributed by atoms with Crippen LogP contribution < -0.4 is 5.32 Å². The molecule has 3 saturated carbocycles. The van der Waals surface area contributed by atoms with Crippen molar-refractivity contribution in [3.8, 4) is 0 Å². The Labute approximate surface area is 116 Å². The van der Waals surface area contributed by atoms with Crippen molar-refractivity contribution in [3.05, 3.63) is 0 Å². The van der Waals surface area contributed by atoms with Gasteiger partial charge in [0.1, 0.15) is 5.60 Å². The van der Waals surface area contributed by atoms with E-state index in [1.54, 1.807) is 0 Å². The van der Waals surface area contributed by atoms with E-state index in [1.807, 2.05) is 7.11 Å². The first kappa shape index (κ1) is 12.6. The van der Waals surface area contributed by atoms with Crippen molar-refractivity contribution in [1.29, 1.82) is 0 Å². The van der Waals surface area contributed by atoms with Gasteiger partial charge >= 0.3 is 0 Å². The summed E-state index contributed by atoms with van der Waals surface area (Å²) in [6.07, 6.45) is 8.49. The Morgan fingerprint density at radius 3 is 2.89 bits per heavy atom. The van der Waals surface area contributed by atoms with Crippen LogP contribution >= 0.6 is 0 Å². The van der Waals surface area contributed by atoms with Crippen molar-refractivity contribution in [2.45, 2.75) is 50.2 Å². The normalized spacial score (nSPS) is 51.9. The second kappa shape index (κ2) is 4.71. The molecule has 4 aliphatic rings. The fraction of sp³-hybridized carbons (Fsp3) is 1.00. The Kier molecular flexibility index (Phi) is 3.13. The van der Waals surface area contributed by atoms with Crippen LogP contribution in [-0.4, -0.2) is 38.5 Å².